The van der Waals surface area contributed by atoms with E-state index in [4.69, 9.17) is 0 Å². The van der Waals surface area contributed by atoms with Crippen LogP contribution in [0.2, 0.25) is 0 Å². The SMILES string of the molecule is Cc1cn(C)c([C@@H]2CCCN(C(=O)CCn3ncc4ccccc43)C2)n1. The second-order valence-corrected chi connectivity index (χ2v) is 7.21. The molecule has 136 valence electrons. The van der Waals surface area contributed by atoms with Crippen molar-refractivity contribution >= 4 is 16.8 Å². The summed E-state index contributed by atoms with van der Waals surface area (Å²) in [6.45, 7) is 4.25. The lowest BCUT2D eigenvalue weighted by Crippen LogP contribution is -2.40. The number of nitrogens with zero attached hydrogens (tertiary/aromatic N) is 5. The number of aromatic nitrogens is 4. The number of benzene rings is 1. The second kappa shape index (κ2) is 6.94. The zero-order valence-electron chi connectivity index (χ0n) is 15.4. The first kappa shape index (κ1) is 16.8. The number of hydrogen-bond acceptors (Lipinski definition) is 3. The van der Waals surface area contributed by atoms with Gasteiger partial charge in [-0.2, -0.15) is 5.10 Å². The van der Waals surface area contributed by atoms with E-state index < -0.39 is 0 Å². The molecule has 2 aromatic heterocycles. The Morgan fingerprint density at radius 2 is 2.15 bits per heavy atom. The van der Waals surface area contributed by atoms with Crippen LogP contribution in [0.15, 0.2) is 36.7 Å². The smallest absolute Gasteiger partial charge is 0.224 e. The lowest BCUT2D eigenvalue weighted by Gasteiger charge is -2.32. The van der Waals surface area contributed by atoms with E-state index in [0.29, 0.717) is 18.9 Å². The summed E-state index contributed by atoms with van der Waals surface area (Å²) in [7, 11) is 2.04. The van der Waals surface area contributed by atoms with Crippen LogP contribution in [0.4, 0.5) is 0 Å². The molecule has 0 radical (unpaired) electrons. The first-order chi connectivity index (χ1) is 12.6. The van der Waals surface area contributed by atoms with Gasteiger partial charge >= 0.3 is 0 Å². The second-order valence-electron chi connectivity index (χ2n) is 7.21. The standard InChI is InChI=1S/C20H25N5O/c1-15-13-23(2)20(22-15)17-7-5-10-24(14-17)19(26)9-11-25-18-8-4-3-6-16(18)12-21-25/h3-4,6,8,12-13,17H,5,7,9-11,14H2,1-2H3/t17-/m1/s1. The van der Waals surface area contributed by atoms with E-state index >= 15 is 0 Å². The van der Waals surface area contributed by atoms with Crippen molar-refractivity contribution < 1.29 is 4.79 Å². The predicted octanol–water partition coefficient (Wildman–Crippen LogP) is 2.87. The molecule has 0 N–H and O–H groups in total. The number of rotatable bonds is 4. The van der Waals surface area contributed by atoms with Gasteiger partial charge in [0.15, 0.2) is 0 Å². The Morgan fingerprint density at radius 3 is 2.96 bits per heavy atom. The van der Waals surface area contributed by atoms with Crippen molar-refractivity contribution in [3.05, 3.63) is 48.2 Å². The Hall–Kier alpha value is -2.63. The third-order valence-electron chi connectivity index (χ3n) is 5.26. The number of para-hydroxylation sites is 1. The lowest BCUT2D eigenvalue weighted by atomic mass is 9.97. The van der Waals surface area contributed by atoms with Gasteiger partial charge in [0, 0.05) is 44.1 Å². The van der Waals surface area contributed by atoms with Crippen LogP contribution in [-0.2, 0) is 18.4 Å². The fraction of sp³-hybridized carbons (Fsp3) is 0.450. The highest BCUT2D eigenvalue weighted by Crippen LogP contribution is 2.26. The van der Waals surface area contributed by atoms with Crippen LogP contribution in [0.5, 0.6) is 0 Å². The molecule has 0 spiro atoms. The molecule has 1 fully saturated rings. The van der Waals surface area contributed by atoms with Gasteiger partial charge in [-0.1, -0.05) is 18.2 Å². The van der Waals surface area contributed by atoms with Crippen molar-refractivity contribution in [3.63, 3.8) is 0 Å². The number of carbonyl (C=O) groups excluding carboxylic acids is 1. The summed E-state index contributed by atoms with van der Waals surface area (Å²) >= 11 is 0. The molecule has 1 amide bonds. The van der Waals surface area contributed by atoms with Gasteiger partial charge in [0.05, 0.1) is 24.0 Å². The van der Waals surface area contributed by atoms with Crippen molar-refractivity contribution in [2.45, 2.75) is 38.6 Å². The molecule has 0 aliphatic carbocycles. The molecule has 3 aromatic rings. The molecule has 26 heavy (non-hydrogen) atoms. The molecule has 4 rings (SSSR count). The highest BCUT2D eigenvalue weighted by molar-refractivity contribution is 5.79. The molecule has 1 atom stereocenters. The molecule has 1 saturated heterocycles. The van der Waals surface area contributed by atoms with E-state index in [0.717, 1.165) is 48.4 Å². The van der Waals surface area contributed by atoms with Crippen LogP contribution in [0.25, 0.3) is 10.9 Å². The van der Waals surface area contributed by atoms with Gasteiger partial charge in [-0.05, 0) is 25.8 Å². The molecule has 1 aliphatic rings. The summed E-state index contributed by atoms with van der Waals surface area (Å²) in [5.74, 6) is 1.63. The molecule has 0 saturated carbocycles. The van der Waals surface area contributed by atoms with Crippen molar-refractivity contribution in [2.75, 3.05) is 13.1 Å². The van der Waals surface area contributed by atoms with Crippen LogP contribution in [0, 0.1) is 6.92 Å². The van der Waals surface area contributed by atoms with Gasteiger partial charge in [0.1, 0.15) is 5.82 Å². The van der Waals surface area contributed by atoms with Gasteiger partial charge in [0.25, 0.3) is 0 Å². The molecule has 3 heterocycles. The molecule has 6 nitrogen and oxygen atoms in total. The minimum atomic E-state index is 0.209. The van der Waals surface area contributed by atoms with E-state index in [-0.39, 0.29) is 5.91 Å². The number of likely N-dealkylation sites (tertiary alicyclic amines) is 1. The quantitative estimate of drug-likeness (QED) is 0.726. The zero-order valence-corrected chi connectivity index (χ0v) is 15.4. The van der Waals surface area contributed by atoms with Crippen molar-refractivity contribution in [2.24, 2.45) is 7.05 Å². The molecule has 6 heteroatoms. The Kier molecular flexibility index (Phi) is 4.49. The number of carbonyl (C=O) groups is 1. The zero-order chi connectivity index (χ0) is 18.1. The van der Waals surface area contributed by atoms with Gasteiger partial charge in [-0.25, -0.2) is 4.98 Å². The summed E-state index contributed by atoms with van der Waals surface area (Å²) in [4.78, 5) is 19.4. The maximum Gasteiger partial charge on any atom is 0.224 e. The molecular weight excluding hydrogens is 326 g/mol. The lowest BCUT2D eigenvalue weighted by molar-refractivity contribution is -0.132. The minimum absolute atomic E-state index is 0.209. The van der Waals surface area contributed by atoms with Gasteiger partial charge in [-0.15, -0.1) is 0 Å². The number of piperidine rings is 1. The normalized spacial score (nSPS) is 17.8. The van der Waals surface area contributed by atoms with Gasteiger partial charge in [0.2, 0.25) is 5.91 Å². The number of amides is 1. The molecule has 0 bridgehead atoms. The third kappa shape index (κ3) is 3.23. The Labute approximate surface area is 153 Å². The van der Waals surface area contributed by atoms with Crippen molar-refractivity contribution in [1.82, 2.24) is 24.2 Å². The summed E-state index contributed by atoms with van der Waals surface area (Å²) < 4.78 is 4.03. The fourth-order valence-electron chi connectivity index (χ4n) is 3.99. The average molecular weight is 351 g/mol. The molecule has 1 aliphatic heterocycles. The Balaban J connectivity index is 1.40. The first-order valence-electron chi connectivity index (χ1n) is 9.30. The minimum Gasteiger partial charge on any atom is -0.342 e. The van der Waals surface area contributed by atoms with E-state index in [9.17, 15) is 4.79 Å². The maximum absolute atomic E-state index is 12.8. The molecule has 1 aromatic carbocycles. The number of aryl methyl sites for hydroxylation is 3. The third-order valence-corrected chi connectivity index (χ3v) is 5.26. The van der Waals surface area contributed by atoms with Crippen LogP contribution in [0.3, 0.4) is 0 Å². The highest BCUT2D eigenvalue weighted by atomic mass is 16.2. The van der Waals surface area contributed by atoms with E-state index in [1.807, 2.05) is 54.0 Å². The number of fused-ring (bicyclic) bond motifs is 1. The summed E-state index contributed by atoms with van der Waals surface area (Å²) in [5, 5.41) is 5.54. The maximum atomic E-state index is 12.8. The van der Waals surface area contributed by atoms with Crippen LogP contribution >= 0.6 is 0 Å². The van der Waals surface area contributed by atoms with E-state index in [2.05, 4.69) is 20.8 Å². The Bertz CT molecular complexity index is 925. The monoisotopic (exact) mass is 351 g/mol. The first-order valence-corrected chi connectivity index (χ1v) is 9.30. The number of imidazole rings is 1. The van der Waals surface area contributed by atoms with Crippen molar-refractivity contribution in [3.8, 4) is 0 Å². The predicted molar refractivity (Wildman–Crippen MR) is 101 cm³/mol. The summed E-state index contributed by atoms with van der Waals surface area (Å²) in [6, 6.07) is 8.11. The molecular formula is C20H25N5O. The summed E-state index contributed by atoms with van der Waals surface area (Å²) in [5.41, 5.74) is 2.12. The van der Waals surface area contributed by atoms with Crippen LogP contribution in [0.1, 0.15) is 36.7 Å². The topological polar surface area (TPSA) is 56.0 Å². The molecule has 0 unspecified atom stereocenters. The van der Waals surface area contributed by atoms with E-state index in [1.165, 1.54) is 0 Å². The number of hydrogen-bond donors (Lipinski definition) is 0. The van der Waals surface area contributed by atoms with Gasteiger partial charge in [-0.3, -0.25) is 9.48 Å². The largest absolute Gasteiger partial charge is 0.342 e. The summed E-state index contributed by atoms with van der Waals surface area (Å²) in [6.07, 6.45) is 6.53. The average Bonchev–Trinajstić information content (AvgIpc) is 3.22. The van der Waals surface area contributed by atoms with Gasteiger partial charge < -0.3 is 9.47 Å². The van der Waals surface area contributed by atoms with E-state index in [1.54, 1.807) is 0 Å². The van der Waals surface area contributed by atoms with Crippen molar-refractivity contribution in [1.29, 1.82) is 0 Å². The van der Waals surface area contributed by atoms with Crippen LogP contribution < -0.4 is 0 Å². The highest BCUT2D eigenvalue weighted by Gasteiger charge is 2.27. The fourth-order valence-corrected chi connectivity index (χ4v) is 3.99. The van der Waals surface area contributed by atoms with Crippen LogP contribution in [-0.4, -0.2) is 43.2 Å². The Morgan fingerprint density at radius 1 is 1.31 bits per heavy atom.